The molecule has 1 saturated heterocycles. The molecule has 5 heteroatoms. The zero-order valence-electron chi connectivity index (χ0n) is 12.4. The lowest BCUT2D eigenvalue weighted by Gasteiger charge is -2.32. The molecule has 0 amide bonds. The van der Waals surface area contributed by atoms with Crippen molar-refractivity contribution >= 4 is 12.6 Å². The zero-order chi connectivity index (χ0) is 14.4. The van der Waals surface area contributed by atoms with Gasteiger partial charge >= 0.3 is 7.12 Å². The van der Waals surface area contributed by atoms with Gasteiger partial charge in [-0.15, -0.1) is 0 Å². The molecule has 0 aromatic carbocycles. The van der Waals surface area contributed by atoms with Crippen LogP contribution in [0.3, 0.4) is 0 Å². The summed E-state index contributed by atoms with van der Waals surface area (Å²) in [5, 5.41) is 0. The fourth-order valence-corrected chi connectivity index (χ4v) is 2.26. The molecule has 4 nitrogen and oxygen atoms in total. The minimum Gasteiger partial charge on any atom is -0.467 e. The van der Waals surface area contributed by atoms with E-state index in [1.54, 1.807) is 6.26 Å². The van der Waals surface area contributed by atoms with Gasteiger partial charge in [0.25, 0.3) is 0 Å². The summed E-state index contributed by atoms with van der Waals surface area (Å²) >= 11 is 0. The molecule has 0 unspecified atom stereocenters. The third-order valence-corrected chi connectivity index (χ3v) is 4.22. The van der Waals surface area contributed by atoms with Crippen molar-refractivity contribution in [2.75, 3.05) is 0 Å². The van der Waals surface area contributed by atoms with Crippen molar-refractivity contribution in [2.45, 2.75) is 45.4 Å². The van der Waals surface area contributed by atoms with Gasteiger partial charge in [0.15, 0.2) is 0 Å². The average molecular weight is 273 g/mol. The van der Waals surface area contributed by atoms with Gasteiger partial charge in [-0.3, -0.25) is 0 Å². The molecular formula is C15H20BNO3. The molecular weight excluding hydrogens is 253 g/mol. The monoisotopic (exact) mass is 273 g/mol. The van der Waals surface area contributed by atoms with Crippen LogP contribution in [0.15, 0.2) is 41.3 Å². The van der Waals surface area contributed by atoms with Crippen LogP contribution < -0.4 is 5.46 Å². The highest BCUT2D eigenvalue weighted by Crippen LogP contribution is 2.36. The molecule has 1 aliphatic heterocycles. The van der Waals surface area contributed by atoms with Gasteiger partial charge in [0.1, 0.15) is 5.76 Å². The van der Waals surface area contributed by atoms with E-state index in [1.807, 2.05) is 30.6 Å². The summed E-state index contributed by atoms with van der Waals surface area (Å²) in [6.45, 7) is 8.96. The summed E-state index contributed by atoms with van der Waals surface area (Å²) in [7, 11) is -0.308. The molecule has 0 bridgehead atoms. The van der Waals surface area contributed by atoms with Crippen molar-refractivity contribution in [1.29, 1.82) is 0 Å². The summed E-state index contributed by atoms with van der Waals surface area (Å²) in [6, 6.07) is 5.90. The highest BCUT2D eigenvalue weighted by molar-refractivity contribution is 6.62. The second-order valence-electron chi connectivity index (χ2n) is 6.28. The van der Waals surface area contributed by atoms with E-state index in [1.165, 1.54) is 0 Å². The van der Waals surface area contributed by atoms with E-state index in [4.69, 9.17) is 13.7 Å². The van der Waals surface area contributed by atoms with E-state index < -0.39 is 0 Å². The molecule has 1 fully saturated rings. The van der Waals surface area contributed by atoms with E-state index in [-0.39, 0.29) is 18.3 Å². The van der Waals surface area contributed by atoms with Crippen LogP contribution in [0.4, 0.5) is 0 Å². The van der Waals surface area contributed by atoms with Crippen molar-refractivity contribution in [3.8, 4) is 0 Å². The zero-order valence-corrected chi connectivity index (χ0v) is 12.4. The molecule has 0 spiro atoms. The highest BCUT2D eigenvalue weighted by atomic mass is 16.7. The maximum atomic E-state index is 6.04. The molecule has 1 aliphatic rings. The molecule has 0 saturated carbocycles. The van der Waals surface area contributed by atoms with Gasteiger partial charge in [0.05, 0.1) is 24.0 Å². The van der Waals surface area contributed by atoms with E-state index in [9.17, 15) is 0 Å². The van der Waals surface area contributed by atoms with Crippen LogP contribution in [0.5, 0.6) is 0 Å². The molecule has 0 radical (unpaired) electrons. The van der Waals surface area contributed by atoms with Gasteiger partial charge in [0.2, 0.25) is 0 Å². The Morgan fingerprint density at radius 1 is 1.10 bits per heavy atom. The predicted octanol–water partition coefficient (Wildman–Crippen LogP) is 2.43. The predicted molar refractivity (Wildman–Crippen MR) is 78.0 cm³/mol. The van der Waals surface area contributed by atoms with Gasteiger partial charge in [-0.1, -0.05) is 0 Å². The maximum Gasteiger partial charge on any atom is 0.496 e. The Bertz CT molecular complexity index is 570. The van der Waals surface area contributed by atoms with Crippen molar-refractivity contribution in [1.82, 2.24) is 4.57 Å². The Morgan fingerprint density at radius 3 is 2.40 bits per heavy atom. The molecule has 0 atom stereocenters. The van der Waals surface area contributed by atoms with Crippen LogP contribution >= 0.6 is 0 Å². The number of hydrogen-bond acceptors (Lipinski definition) is 3. The van der Waals surface area contributed by atoms with Gasteiger partial charge < -0.3 is 18.3 Å². The Balaban J connectivity index is 1.75. The lowest BCUT2D eigenvalue weighted by molar-refractivity contribution is 0.00578. The second kappa shape index (κ2) is 4.53. The number of hydrogen-bond donors (Lipinski definition) is 0. The lowest BCUT2D eigenvalue weighted by atomic mass is 9.81. The largest absolute Gasteiger partial charge is 0.496 e. The Hall–Kier alpha value is -1.46. The summed E-state index contributed by atoms with van der Waals surface area (Å²) in [6.07, 6.45) is 5.75. The highest BCUT2D eigenvalue weighted by Gasteiger charge is 2.51. The fourth-order valence-electron chi connectivity index (χ4n) is 2.26. The fraction of sp³-hybridized carbons (Fsp3) is 0.467. The van der Waals surface area contributed by atoms with Crippen LogP contribution in [-0.4, -0.2) is 22.9 Å². The quantitative estimate of drug-likeness (QED) is 0.806. The van der Waals surface area contributed by atoms with Gasteiger partial charge in [-0.25, -0.2) is 0 Å². The Kier molecular flexibility index (Phi) is 3.07. The van der Waals surface area contributed by atoms with E-state index in [0.717, 1.165) is 11.2 Å². The first-order valence-electron chi connectivity index (χ1n) is 6.91. The summed E-state index contributed by atoms with van der Waals surface area (Å²) < 4.78 is 19.5. The van der Waals surface area contributed by atoms with Crippen LogP contribution in [0, 0.1) is 0 Å². The van der Waals surface area contributed by atoms with Crippen LogP contribution in [0.25, 0.3) is 0 Å². The number of furan rings is 1. The Labute approximate surface area is 119 Å². The molecule has 0 aliphatic carbocycles. The topological polar surface area (TPSA) is 36.5 Å². The van der Waals surface area contributed by atoms with Crippen molar-refractivity contribution in [2.24, 2.45) is 0 Å². The molecule has 3 rings (SSSR count). The molecule has 2 aromatic heterocycles. The van der Waals surface area contributed by atoms with Crippen molar-refractivity contribution in [3.63, 3.8) is 0 Å². The first kappa shape index (κ1) is 13.5. The first-order valence-corrected chi connectivity index (χ1v) is 6.91. The lowest BCUT2D eigenvalue weighted by Crippen LogP contribution is -2.41. The molecule has 0 N–H and O–H groups in total. The van der Waals surface area contributed by atoms with Gasteiger partial charge in [0, 0.05) is 17.9 Å². The average Bonchev–Trinajstić information content (AvgIpc) is 3.02. The Morgan fingerprint density at radius 2 is 1.80 bits per heavy atom. The minimum absolute atomic E-state index is 0.305. The summed E-state index contributed by atoms with van der Waals surface area (Å²) in [5.74, 6) is 0.932. The molecule has 2 aromatic rings. The third-order valence-electron chi connectivity index (χ3n) is 4.22. The third kappa shape index (κ3) is 2.32. The van der Waals surface area contributed by atoms with E-state index in [2.05, 4.69) is 32.3 Å². The van der Waals surface area contributed by atoms with E-state index in [0.29, 0.717) is 6.54 Å². The van der Waals surface area contributed by atoms with Crippen LogP contribution in [0.2, 0.25) is 0 Å². The maximum absolute atomic E-state index is 6.04. The molecule has 106 valence electrons. The van der Waals surface area contributed by atoms with E-state index >= 15 is 0 Å². The molecule has 3 heterocycles. The number of aromatic nitrogens is 1. The summed E-state index contributed by atoms with van der Waals surface area (Å²) in [5.41, 5.74) is 0.428. The number of rotatable bonds is 3. The van der Waals surface area contributed by atoms with Gasteiger partial charge in [-0.2, -0.15) is 0 Å². The van der Waals surface area contributed by atoms with Crippen molar-refractivity contribution < 1.29 is 13.7 Å². The van der Waals surface area contributed by atoms with Crippen LogP contribution in [0.1, 0.15) is 33.5 Å². The normalized spacial score (nSPS) is 20.5. The summed E-state index contributed by atoms with van der Waals surface area (Å²) in [4.78, 5) is 0. The SMILES string of the molecule is CC1(C)OB(c2ccn(Cc3ccco3)c2)OC1(C)C. The van der Waals surface area contributed by atoms with Gasteiger partial charge in [-0.05, 0) is 45.9 Å². The minimum atomic E-state index is -0.308. The smallest absolute Gasteiger partial charge is 0.467 e. The number of nitrogens with zero attached hydrogens (tertiary/aromatic N) is 1. The van der Waals surface area contributed by atoms with Crippen molar-refractivity contribution in [3.05, 3.63) is 42.6 Å². The first-order chi connectivity index (χ1) is 9.37. The molecule has 20 heavy (non-hydrogen) atoms. The second-order valence-corrected chi connectivity index (χ2v) is 6.28. The standard InChI is InChI=1S/C15H20BNO3/c1-14(2)15(3,4)20-16(19-14)12-7-8-17(10-12)11-13-6-5-9-18-13/h5-10H,11H2,1-4H3. The van der Waals surface area contributed by atoms with Crippen LogP contribution in [-0.2, 0) is 15.9 Å².